The Balaban J connectivity index is 1.89. The van der Waals surface area contributed by atoms with Crippen LogP contribution >= 0.6 is 0 Å². The van der Waals surface area contributed by atoms with Gasteiger partial charge in [0.1, 0.15) is 18.1 Å². The topological polar surface area (TPSA) is 68.4 Å². The van der Waals surface area contributed by atoms with E-state index in [0.717, 1.165) is 5.56 Å². The lowest BCUT2D eigenvalue weighted by Crippen LogP contribution is -2.11. The summed E-state index contributed by atoms with van der Waals surface area (Å²) >= 11 is 0. The van der Waals surface area contributed by atoms with E-state index in [9.17, 15) is 9.59 Å². The number of hydrogen-bond donors (Lipinski definition) is 1. The number of aromatic amines is 1. The smallest absolute Gasteiger partial charge is 0.354 e. The minimum atomic E-state index is -0.576. The van der Waals surface area contributed by atoms with Crippen molar-refractivity contribution in [3.63, 3.8) is 0 Å². The minimum Gasteiger partial charge on any atom is -0.489 e. The van der Waals surface area contributed by atoms with Gasteiger partial charge in [0, 0.05) is 11.5 Å². The zero-order valence-corrected chi connectivity index (χ0v) is 12.5. The van der Waals surface area contributed by atoms with E-state index in [-0.39, 0.29) is 11.1 Å². The van der Waals surface area contributed by atoms with Crippen molar-refractivity contribution in [1.82, 2.24) is 4.98 Å². The van der Waals surface area contributed by atoms with Gasteiger partial charge in [0.25, 0.3) is 0 Å². The van der Waals surface area contributed by atoms with Gasteiger partial charge in [-0.3, -0.25) is 4.79 Å². The summed E-state index contributed by atoms with van der Waals surface area (Å²) in [6, 6.07) is 16.1. The number of hydrogen-bond acceptors (Lipinski definition) is 4. The summed E-state index contributed by atoms with van der Waals surface area (Å²) in [5.74, 6) is 0.0195. The number of carbonyl (C=O) groups is 1. The van der Waals surface area contributed by atoms with E-state index >= 15 is 0 Å². The number of methoxy groups -OCH3 is 1. The van der Waals surface area contributed by atoms with Crippen LogP contribution in [-0.4, -0.2) is 18.1 Å². The summed E-state index contributed by atoms with van der Waals surface area (Å²) < 4.78 is 10.3. The Bertz CT molecular complexity index is 900. The molecular formula is C18H15NO4. The third kappa shape index (κ3) is 3.23. The van der Waals surface area contributed by atoms with E-state index in [1.807, 2.05) is 30.3 Å². The van der Waals surface area contributed by atoms with Crippen molar-refractivity contribution in [2.45, 2.75) is 6.61 Å². The number of benzene rings is 2. The number of carbonyl (C=O) groups excluding carboxylic acids is 1. The highest BCUT2D eigenvalue weighted by atomic mass is 16.5. The molecule has 0 aliphatic carbocycles. The molecule has 0 aliphatic heterocycles. The quantitative estimate of drug-likeness (QED) is 0.752. The van der Waals surface area contributed by atoms with Crippen molar-refractivity contribution in [1.29, 1.82) is 0 Å². The van der Waals surface area contributed by atoms with Crippen LogP contribution < -0.4 is 10.2 Å². The molecule has 1 heterocycles. The lowest BCUT2D eigenvalue weighted by atomic mass is 10.2. The van der Waals surface area contributed by atoms with Crippen molar-refractivity contribution in [3.8, 4) is 5.75 Å². The average Bonchev–Trinajstić information content (AvgIpc) is 2.60. The number of aromatic nitrogens is 1. The summed E-state index contributed by atoms with van der Waals surface area (Å²) in [5, 5.41) is 0.461. The van der Waals surface area contributed by atoms with E-state index in [2.05, 4.69) is 9.72 Å². The lowest BCUT2D eigenvalue weighted by Gasteiger charge is -2.08. The van der Waals surface area contributed by atoms with Gasteiger partial charge in [-0.1, -0.05) is 30.3 Å². The van der Waals surface area contributed by atoms with Crippen LogP contribution in [0.1, 0.15) is 16.1 Å². The number of pyridine rings is 1. The molecule has 0 saturated heterocycles. The van der Waals surface area contributed by atoms with E-state index in [1.165, 1.54) is 13.2 Å². The highest BCUT2D eigenvalue weighted by molar-refractivity contribution is 5.91. The molecule has 116 valence electrons. The molecule has 0 aliphatic rings. The molecule has 0 saturated carbocycles. The van der Waals surface area contributed by atoms with Gasteiger partial charge in [-0.05, 0) is 23.8 Å². The molecule has 23 heavy (non-hydrogen) atoms. The first-order valence-electron chi connectivity index (χ1n) is 7.09. The molecular weight excluding hydrogens is 294 g/mol. The number of ether oxygens (including phenoxy) is 2. The monoisotopic (exact) mass is 309 g/mol. The number of nitrogens with one attached hydrogen (secondary N) is 1. The zero-order valence-electron chi connectivity index (χ0n) is 12.5. The summed E-state index contributed by atoms with van der Waals surface area (Å²) in [5.41, 5.74) is 1.47. The van der Waals surface area contributed by atoms with Crippen LogP contribution in [-0.2, 0) is 11.3 Å². The van der Waals surface area contributed by atoms with Gasteiger partial charge in [0.2, 0.25) is 0 Å². The second-order valence-corrected chi connectivity index (χ2v) is 5.02. The molecule has 5 nitrogen and oxygen atoms in total. The van der Waals surface area contributed by atoms with Gasteiger partial charge < -0.3 is 14.5 Å². The Morgan fingerprint density at radius 2 is 1.87 bits per heavy atom. The predicted octanol–water partition coefficient (Wildman–Crippen LogP) is 2.89. The van der Waals surface area contributed by atoms with E-state index in [0.29, 0.717) is 23.3 Å². The molecule has 2 aromatic carbocycles. The molecule has 3 aromatic rings. The van der Waals surface area contributed by atoms with Crippen LogP contribution in [0.4, 0.5) is 0 Å². The Morgan fingerprint density at radius 3 is 2.61 bits per heavy atom. The van der Waals surface area contributed by atoms with Crippen molar-refractivity contribution in [2.75, 3.05) is 7.11 Å². The van der Waals surface area contributed by atoms with Crippen LogP contribution in [0, 0.1) is 0 Å². The third-order valence-electron chi connectivity index (χ3n) is 3.45. The predicted molar refractivity (Wildman–Crippen MR) is 86.7 cm³/mol. The van der Waals surface area contributed by atoms with Gasteiger partial charge >= 0.3 is 5.97 Å². The number of rotatable bonds is 4. The molecule has 0 fully saturated rings. The molecule has 0 atom stereocenters. The molecule has 1 N–H and O–H groups in total. The van der Waals surface area contributed by atoms with Gasteiger partial charge in [0.05, 0.1) is 12.6 Å². The molecule has 0 unspecified atom stereocenters. The van der Waals surface area contributed by atoms with Gasteiger partial charge in [-0.15, -0.1) is 0 Å². The van der Waals surface area contributed by atoms with Gasteiger partial charge in [-0.2, -0.15) is 0 Å². The van der Waals surface area contributed by atoms with Crippen LogP contribution in [0.5, 0.6) is 5.75 Å². The first-order valence-corrected chi connectivity index (χ1v) is 7.09. The normalized spacial score (nSPS) is 10.5. The molecule has 5 heteroatoms. The molecule has 0 bridgehead atoms. The van der Waals surface area contributed by atoms with Gasteiger partial charge in [-0.25, -0.2) is 4.79 Å². The summed E-state index contributed by atoms with van der Waals surface area (Å²) in [6.07, 6.45) is 0. The van der Waals surface area contributed by atoms with Crippen LogP contribution in [0.3, 0.4) is 0 Å². The van der Waals surface area contributed by atoms with Crippen molar-refractivity contribution >= 4 is 16.9 Å². The molecule has 1 aromatic heterocycles. The fourth-order valence-corrected chi connectivity index (χ4v) is 2.28. The molecule has 3 rings (SSSR count). The van der Waals surface area contributed by atoms with Crippen molar-refractivity contribution < 1.29 is 14.3 Å². The fraction of sp³-hybridized carbons (Fsp3) is 0.111. The zero-order chi connectivity index (χ0) is 16.2. The average molecular weight is 309 g/mol. The Hall–Kier alpha value is -3.08. The second kappa shape index (κ2) is 6.36. The summed E-state index contributed by atoms with van der Waals surface area (Å²) in [4.78, 5) is 26.6. The minimum absolute atomic E-state index is 0.128. The maximum atomic E-state index is 12.2. The molecule has 0 spiro atoms. The van der Waals surface area contributed by atoms with E-state index in [4.69, 9.17) is 4.74 Å². The Morgan fingerprint density at radius 1 is 1.09 bits per heavy atom. The highest BCUT2D eigenvalue weighted by Crippen LogP contribution is 2.18. The largest absolute Gasteiger partial charge is 0.489 e. The van der Waals surface area contributed by atoms with Crippen LogP contribution in [0.2, 0.25) is 0 Å². The van der Waals surface area contributed by atoms with Crippen molar-refractivity contribution in [3.05, 3.63) is 76.1 Å². The summed E-state index contributed by atoms with van der Waals surface area (Å²) in [6.45, 7) is 0.421. The fourth-order valence-electron chi connectivity index (χ4n) is 2.28. The maximum absolute atomic E-state index is 12.2. The standard InChI is InChI=1S/C18H15NO4/c1-22-18(21)16-10-17(20)14-9-13(7-8-15(14)19-16)23-11-12-5-3-2-4-6-12/h2-10H,11H2,1H3,(H,19,20). The first kappa shape index (κ1) is 14.8. The third-order valence-corrected chi connectivity index (χ3v) is 3.45. The number of H-pyrrole nitrogens is 1. The lowest BCUT2D eigenvalue weighted by molar-refractivity contribution is 0.0594. The number of fused-ring (bicyclic) bond motifs is 1. The number of esters is 1. The van der Waals surface area contributed by atoms with Crippen LogP contribution in [0.25, 0.3) is 10.9 Å². The van der Waals surface area contributed by atoms with E-state index in [1.54, 1.807) is 18.2 Å². The second-order valence-electron chi connectivity index (χ2n) is 5.02. The Labute approximate surface area is 132 Å². The van der Waals surface area contributed by atoms with Gasteiger partial charge in [0.15, 0.2) is 5.43 Å². The highest BCUT2D eigenvalue weighted by Gasteiger charge is 2.10. The van der Waals surface area contributed by atoms with Crippen LogP contribution in [0.15, 0.2) is 59.4 Å². The summed E-state index contributed by atoms with van der Waals surface area (Å²) in [7, 11) is 1.27. The SMILES string of the molecule is COC(=O)c1cc(=O)c2cc(OCc3ccccc3)ccc2[nH]1. The van der Waals surface area contributed by atoms with Crippen molar-refractivity contribution in [2.24, 2.45) is 0 Å². The maximum Gasteiger partial charge on any atom is 0.354 e. The first-order chi connectivity index (χ1) is 11.2. The molecule has 0 radical (unpaired) electrons. The molecule has 0 amide bonds. The van der Waals surface area contributed by atoms with E-state index < -0.39 is 5.97 Å². The Kier molecular flexibility index (Phi) is 4.10.